The molecule has 0 fully saturated rings. The van der Waals surface area contributed by atoms with Crippen molar-refractivity contribution in [3.63, 3.8) is 0 Å². The Labute approximate surface area is 150 Å². The fourth-order valence-electron chi connectivity index (χ4n) is 2.01. The van der Waals surface area contributed by atoms with Crippen LogP contribution in [0.5, 0.6) is 0 Å². The van der Waals surface area contributed by atoms with Crippen molar-refractivity contribution in [2.45, 2.75) is 16.2 Å². The van der Waals surface area contributed by atoms with Gasteiger partial charge in [-0.05, 0) is 24.5 Å². The van der Waals surface area contributed by atoms with Crippen molar-refractivity contribution >= 4 is 34.7 Å². The van der Waals surface area contributed by atoms with Crippen LogP contribution in [-0.4, -0.2) is 19.2 Å². The molecule has 0 aliphatic heterocycles. The third-order valence-corrected chi connectivity index (χ3v) is 5.08. The zero-order valence-electron chi connectivity index (χ0n) is 12.8. The van der Waals surface area contributed by atoms with Gasteiger partial charge in [-0.25, -0.2) is 4.98 Å². The van der Waals surface area contributed by atoms with E-state index in [1.165, 1.54) is 12.1 Å². The van der Waals surface area contributed by atoms with Gasteiger partial charge in [-0.3, -0.25) is 20.2 Å². The second kappa shape index (κ2) is 6.95. The predicted octanol–water partition coefficient (Wildman–Crippen LogP) is 4.48. The van der Waals surface area contributed by atoms with Crippen molar-refractivity contribution in [3.8, 4) is 11.4 Å². The first-order valence-corrected chi connectivity index (χ1v) is 8.54. The van der Waals surface area contributed by atoms with Crippen LogP contribution in [0.4, 0.5) is 11.4 Å². The lowest BCUT2D eigenvalue weighted by Gasteiger charge is -2.00. The van der Waals surface area contributed by atoms with Gasteiger partial charge in [0.1, 0.15) is 0 Å². The first kappa shape index (κ1) is 17.0. The Morgan fingerprint density at radius 2 is 1.76 bits per heavy atom. The molecule has 0 spiro atoms. The molecule has 0 amide bonds. The maximum Gasteiger partial charge on any atom is 0.290 e. The van der Waals surface area contributed by atoms with E-state index in [1.807, 2.05) is 31.2 Å². The van der Waals surface area contributed by atoms with E-state index in [0.29, 0.717) is 10.2 Å². The molecule has 0 atom stereocenters. The van der Waals surface area contributed by atoms with Gasteiger partial charge in [-0.2, -0.15) is 4.37 Å². The average molecular weight is 374 g/mol. The molecular formula is C15H10N4O4S2. The third kappa shape index (κ3) is 3.80. The molecule has 1 aromatic heterocycles. The lowest BCUT2D eigenvalue weighted by atomic mass is 10.1. The molecule has 0 saturated heterocycles. The van der Waals surface area contributed by atoms with Crippen molar-refractivity contribution in [2.24, 2.45) is 0 Å². The highest BCUT2D eigenvalue weighted by Gasteiger charge is 2.21. The maximum absolute atomic E-state index is 11.2. The number of aryl methyl sites for hydroxylation is 1. The molecule has 2 aromatic carbocycles. The van der Waals surface area contributed by atoms with Crippen LogP contribution >= 0.6 is 23.3 Å². The molecule has 0 unspecified atom stereocenters. The Bertz CT molecular complexity index is 956. The maximum atomic E-state index is 11.2. The first-order valence-electron chi connectivity index (χ1n) is 6.95. The number of aromatic nitrogens is 2. The van der Waals surface area contributed by atoms with E-state index in [0.717, 1.165) is 40.5 Å². The highest BCUT2D eigenvalue weighted by molar-refractivity contribution is 8.01. The zero-order chi connectivity index (χ0) is 18.0. The van der Waals surface area contributed by atoms with E-state index in [9.17, 15) is 20.2 Å². The molecule has 25 heavy (non-hydrogen) atoms. The number of hydrogen-bond donors (Lipinski definition) is 0. The third-order valence-electron chi connectivity index (χ3n) is 3.26. The Kier molecular flexibility index (Phi) is 4.72. The highest BCUT2D eigenvalue weighted by atomic mass is 32.2. The summed E-state index contributed by atoms with van der Waals surface area (Å²) in [4.78, 5) is 25.3. The van der Waals surface area contributed by atoms with Crippen LogP contribution in [0.15, 0.2) is 51.7 Å². The molecule has 3 aromatic rings. The van der Waals surface area contributed by atoms with E-state index >= 15 is 0 Å². The van der Waals surface area contributed by atoms with E-state index in [4.69, 9.17) is 0 Å². The highest BCUT2D eigenvalue weighted by Crippen LogP contribution is 2.38. The van der Waals surface area contributed by atoms with Crippen molar-refractivity contribution < 1.29 is 9.85 Å². The van der Waals surface area contributed by atoms with Crippen molar-refractivity contribution in [1.82, 2.24) is 9.36 Å². The molecule has 3 rings (SSSR count). The quantitative estimate of drug-likeness (QED) is 0.478. The summed E-state index contributed by atoms with van der Waals surface area (Å²) < 4.78 is 4.79. The summed E-state index contributed by atoms with van der Waals surface area (Å²) in [5, 5.41) is 22.0. The van der Waals surface area contributed by atoms with Gasteiger partial charge in [0.05, 0.1) is 20.8 Å². The van der Waals surface area contributed by atoms with E-state index in [2.05, 4.69) is 9.36 Å². The van der Waals surface area contributed by atoms with Gasteiger partial charge in [-0.15, -0.1) is 0 Å². The number of nitro benzene ring substituents is 2. The molecular weight excluding hydrogens is 364 g/mol. The molecule has 0 aliphatic rings. The summed E-state index contributed by atoms with van der Waals surface area (Å²) in [5.74, 6) is 0.539. The normalized spacial score (nSPS) is 10.6. The Hall–Kier alpha value is -2.85. The molecule has 10 heteroatoms. The van der Waals surface area contributed by atoms with Gasteiger partial charge in [0, 0.05) is 11.6 Å². The van der Waals surface area contributed by atoms with Crippen LogP contribution in [0, 0.1) is 27.2 Å². The van der Waals surface area contributed by atoms with Crippen LogP contribution in [-0.2, 0) is 0 Å². The summed E-state index contributed by atoms with van der Waals surface area (Å²) in [5.41, 5.74) is 1.32. The van der Waals surface area contributed by atoms with Gasteiger partial charge in [0.25, 0.3) is 11.4 Å². The average Bonchev–Trinajstić information content (AvgIpc) is 3.04. The minimum absolute atomic E-state index is 0.280. The smallest absolute Gasteiger partial charge is 0.258 e. The molecule has 1 heterocycles. The minimum atomic E-state index is -0.665. The number of benzene rings is 2. The van der Waals surface area contributed by atoms with E-state index in [1.54, 1.807) is 0 Å². The van der Waals surface area contributed by atoms with Crippen molar-refractivity contribution in [3.05, 3.63) is 68.3 Å². The number of hydrogen-bond acceptors (Lipinski definition) is 8. The molecule has 0 radical (unpaired) electrons. The lowest BCUT2D eigenvalue weighted by Crippen LogP contribution is -1.94. The largest absolute Gasteiger partial charge is 0.290 e. The van der Waals surface area contributed by atoms with Crippen LogP contribution < -0.4 is 0 Å². The van der Waals surface area contributed by atoms with Crippen molar-refractivity contribution in [2.75, 3.05) is 0 Å². The molecule has 0 N–H and O–H groups in total. The minimum Gasteiger partial charge on any atom is -0.258 e. The van der Waals surface area contributed by atoms with Gasteiger partial charge >= 0.3 is 0 Å². The summed E-state index contributed by atoms with van der Waals surface area (Å²) in [6, 6.07) is 11.2. The molecule has 0 bridgehead atoms. The number of non-ortho nitro benzene ring substituents is 1. The van der Waals surface area contributed by atoms with Gasteiger partial charge in [0.15, 0.2) is 10.2 Å². The standard InChI is InChI=1S/C15H10N4O4S2/c1-9-2-4-10(5-3-9)14-16-15(25-17-14)24-13-7-6-11(18(20)21)8-12(13)19(22)23/h2-8H,1H3. The molecule has 8 nitrogen and oxygen atoms in total. The van der Waals surface area contributed by atoms with Gasteiger partial charge < -0.3 is 0 Å². The summed E-state index contributed by atoms with van der Waals surface area (Å²) in [7, 11) is 0. The predicted molar refractivity (Wildman–Crippen MR) is 94.0 cm³/mol. The van der Waals surface area contributed by atoms with Gasteiger partial charge in [0.2, 0.25) is 0 Å². The van der Waals surface area contributed by atoms with Crippen LogP contribution in [0.25, 0.3) is 11.4 Å². The van der Waals surface area contributed by atoms with Crippen molar-refractivity contribution in [1.29, 1.82) is 0 Å². The number of nitro groups is 2. The number of nitrogens with zero attached hydrogens (tertiary/aromatic N) is 4. The Balaban J connectivity index is 1.89. The Morgan fingerprint density at radius 3 is 2.40 bits per heavy atom. The van der Waals surface area contributed by atoms with E-state index in [-0.39, 0.29) is 16.3 Å². The summed E-state index contributed by atoms with van der Waals surface area (Å²) in [6.07, 6.45) is 0. The topological polar surface area (TPSA) is 112 Å². The fraction of sp³-hybridized carbons (Fsp3) is 0.0667. The lowest BCUT2D eigenvalue weighted by molar-refractivity contribution is -0.396. The van der Waals surface area contributed by atoms with E-state index < -0.39 is 9.85 Å². The summed E-state index contributed by atoms with van der Waals surface area (Å²) >= 11 is 2.18. The molecule has 0 saturated carbocycles. The second-order valence-corrected chi connectivity index (χ2v) is 7.06. The summed E-state index contributed by atoms with van der Waals surface area (Å²) in [6.45, 7) is 1.98. The van der Waals surface area contributed by atoms with Crippen LogP contribution in [0.2, 0.25) is 0 Å². The zero-order valence-corrected chi connectivity index (χ0v) is 14.4. The number of rotatable bonds is 5. The van der Waals surface area contributed by atoms with Gasteiger partial charge in [-0.1, -0.05) is 41.6 Å². The molecule has 0 aliphatic carbocycles. The fourth-order valence-corrected chi connectivity index (χ4v) is 3.68. The van der Waals surface area contributed by atoms with Crippen LogP contribution in [0.3, 0.4) is 0 Å². The monoisotopic (exact) mass is 374 g/mol. The molecule has 126 valence electrons. The SMILES string of the molecule is Cc1ccc(-c2nsc(Sc3ccc([N+](=O)[O-])cc3[N+](=O)[O-])n2)cc1. The first-order chi connectivity index (χ1) is 11.9. The Morgan fingerprint density at radius 1 is 1.04 bits per heavy atom. The second-order valence-electron chi connectivity index (χ2n) is 5.02. The van der Waals surface area contributed by atoms with Crippen LogP contribution in [0.1, 0.15) is 5.56 Å².